The van der Waals surface area contributed by atoms with Crippen LogP contribution in [0.4, 0.5) is 10.1 Å². The second kappa shape index (κ2) is 16.2. The first-order chi connectivity index (χ1) is 31.3. The fourth-order valence-corrected chi connectivity index (χ4v) is 13.6. The molecule has 2 aliphatic heterocycles. The Hall–Kier alpha value is -5.83. The van der Waals surface area contributed by atoms with E-state index in [1.165, 1.54) is 21.5 Å². The van der Waals surface area contributed by atoms with Gasteiger partial charge in [-0.25, -0.2) is 18.7 Å². The van der Waals surface area contributed by atoms with Crippen LogP contribution in [0.15, 0.2) is 75.0 Å². The number of rotatable bonds is 11. The summed E-state index contributed by atoms with van der Waals surface area (Å²) in [5.41, 5.74) is 5.13. The number of amides is 1. The van der Waals surface area contributed by atoms with Gasteiger partial charge in [0.1, 0.15) is 18.8 Å². The van der Waals surface area contributed by atoms with Crippen molar-refractivity contribution in [2.24, 2.45) is 0 Å². The molecule has 17 heteroatoms. The largest absolute Gasteiger partial charge is 0.438 e. The molecule has 6 heterocycles. The Morgan fingerprint density at radius 1 is 1.00 bits per heavy atom. The molecule has 2 N–H and O–H groups in total. The van der Waals surface area contributed by atoms with Crippen molar-refractivity contribution in [2.75, 3.05) is 44.4 Å². The van der Waals surface area contributed by atoms with Gasteiger partial charge in [0, 0.05) is 79.2 Å². The van der Waals surface area contributed by atoms with E-state index in [9.17, 15) is 14.2 Å². The summed E-state index contributed by atoms with van der Waals surface area (Å²) in [6, 6.07) is 14.9. The zero-order chi connectivity index (χ0) is 45.5. The number of H-pyrrole nitrogens is 1. The van der Waals surface area contributed by atoms with Crippen molar-refractivity contribution in [3.05, 3.63) is 132 Å². The number of fused-ring (bicyclic) bond motifs is 2. The average molecular weight is 919 g/mol. The molecule has 14 nitrogen and oxygen atoms in total. The summed E-state index contributed by atoms with van der Waals surface area (Å²) in [6.45, 7) is 11.0. The molecular formula is C48H52FN8O6PS. The number of imidazole rings is 1. The molecule has 0 radical (unpaired) electrons. The molecule has 2 fully saturated rings. The molecule has 0 bridgehead atoms. The van der Waals surface area contributed by atoms with Crippen molar-refractivity contribution in [1.82, 2.24) is 34.0 Å². The number of nitrogens with one attached hydrogen (secondary N) is 2. The van der Waals surface area contributed by atoms with Gasteiger partial charge in [0.25, 0.3) is 5.91 Å². The first-order valence-electron chi connectivity index (χ1n) is 22.4. The van der Waals surface area contributed by atoms with Crippen LogP contribution in [0.25, 0.3) is 27.3 Å². The van der Waals surface area contributed by atoms with E-state index in [1.54, 1.807) is 54.7 Å². The topological polar surface area (TPSA) is 162 Å². The summed E-state index contributed by atoms with van der Waals surface area (Å²) in [7, 11) is -0.864. The highest BCUT2D eigenvalue weighted by Gasteiger charge is 2.53. The molecule has 3 aromatic carbocycles. The van der Waals surface area contributed by atoms with E-state index in [4.69, 9.17) is 14.4 Å². The third-order valence-electron chi connectivity index (χ3n) is 14.1. The second-order valence-corrected chi connectivity index (χ2v) is 22.3. The summed E-state index contributed by atoms with van der Waals surface area (Å²) in [4.78, 5) is 47.8. The van der Waals surface area contributed by atoms with Crippen molar-refractivity contribution in [2.45, 2.75) is 84.1 Å². The molecule has 1 saturated carbocycles. The van der Waals surface area contributed by atoms with E-state index in [0.29, 0.717) is 108 Å². The molecule has 4 aromatic heterocycles. The maximum absolute atomic E-state index is 15.5. The first kappa shape index (κ1) is 43.1. The van der Waals surface area contributed by atoms with Crippen LogP contribution in [-0.4, -0.2) is 79.0 Å². The second-order valence-electron chi connectivity index (χ2n) is 17.7. The fraction of sp³-hybridized carbons (Fsp3) is 0.396. The summed E-state index contributed by atoms with van der Waals surface area (Å²) in [5.74, 6) is 0.0863. The number of aromatic nitrogens is 6. The Morgan fingerprint density at radius 3 is 2.38 bits per heavy atom. The maximum Gasteiger partial charge on any atom is 0.438 e. The minimum Gasteiger partial charge on any atom is -0.387 e. The predicted molar refractivity (Wildman–Crippen MR) is 251 cm³/mol. The summed E-state index contributed by atoms with van der Waals surface area (Å²) in [6.07, 6.45) is 8.06. The zero-order valence-corrected chi connectivity index (χ0v) is 39.1. The number of benzene rings is 3. The van der Waals surface area contributed by atoms with Gasteiger partial charge in [0.2, 0.25) is 0 Å². The van der Waals surface area contributed by atoms with Gasteiger partial charge < -0.3 is 19.5 Å². The first-order valence-corrected chi connectivity index (χ1v) is 25.3. The molecule has 1 atom stereocenters. The number of aryl methyl sites for hydroxylation is 2. The van der Waals surface area contributed by atoms with E-state index in [-0.39, 0.29) is 17.4 Å². The summed E-state index contributed by atoms with van der Waals surface area (Å²) in [5, 5.41) is 14.2. The van der Waals surface area contributed by atoms with Gasteiger partial charge in [0.05, 0.1) is 33.4 Å². The molecule has 1 amide bonds. The van der Waals surface area contributed by atoms with Gasteiger partial charge in [-0.05, 0) is 116 Å². The zero-order valence-electron chi connectivity index (χ0n) is 37.4. The molecular weight excluding hydrogens is 867 g/mol. The Balaban J connectivity index is 1.10. The number of carbonyl (C=O) groups excluding carboxylic acids is 1. The Morgan fingerprint density at radius 2 is 1.72 bits per heavy atom. The van der Waals surface area contributed by atoms with Gasteiger partial charge in [-0.15, -0.1) is 11.3 Å². The third-order valence-corrected chi connectivity index (χ3v) is 18.5. The lowest BCUT2D eigenvalue weighted by Gasteiger charge is -2.34. The number of thiophene rings is 1. The number of nitrogens with zero attached hydrogens (tertiary/aromatic N) is 6. The Kier molecular flexibility index (Phi) is 10.8. The summed E-state index contributed by atoms with van der Waals surface area (Å²) >= 11 is 1.46. The molecule has 338 valence electrons. The van der Waals surface area contributed by atoms with Crippen LogP contribution in [0.2, 0.25) is 0 Å². The molecule has 3 aliphatic rings. The van der Waals surface area contributed by atoms with Crippen molar-refractivity contribution in [3.8, 4) is 17.2 Å². The monoisotopic (exact) mass is 918 g/mol. The van der Waals surface area contributed by atoms with Crippen molar-refractivity contribution in [3.63, 3.8) is 0 Å². The number of anilines is 1. The standard InChI is InChI=1S/C48H52FN8O6PS/c1-7-64(61,8-2)37-12-10-32(26-36(37)50-6)55-19-20-56(47(55)60)43-39-29(5)54(18-13-35(39)52-57(43)33-23-27(3)41(49)28(4)24-33)44(58)42-40(48(16-17-48)45-51-46(59)63-53-45)34-11-9-31(25-38(34)65-42)30-14-21-62-22-15-30/h9-12,19-20,23-26,29-30,50H,7-8,13-18,21-22H2,1-6H3,(H,51,53,59)/t29-/m0/s1. The van der Waals surface area contributed by atoms with E-state index in [2.05, 4.69) is 33.7 Å². The number of ether oxygens (including phenoxy) is 1. The molecule has 1 aliphatic carbocycles. The Labute approximate surface area is 378 Å². The molecule has 7 aromatic rings. The number of carbonyl (C=O) groups is 1. The molecule has 0 spiro atoms. The number of aromatic amines is 1. The van der Waals surface area contributed by atoms with E-state index in [1.807, 2.05) is 43.9 Å². The highest BCUT2D eigenvalue weighted by atomic mass is 32.1. The van der Waals surface area contributed by atoms with Crippen LogP contribution < -0.4 is 22.1 Å². The van der Waals surface area contributed by atoms with Gasteiger partial charge >= 0.3 is 11.4 Å². The van der Waals surface area contributed by atoms with Crippen molar-refractivity contribution < 1.29 is 23.0 Å². The molecule has 10 rings (SSSR count). The lowest BCUT2D eigenvalue weighted by atomic mass is 9.88. The SMILES string of the molecule is CCP(=O)(CC)c1ccc(-n2ccn(-c3c4c(nn3-c3cc(C)c(F)c(C)c3)CCN(C(=O)c3sc5cc(C6CCOCC6)ccc5c3C3(c5noc(=O)[nH]5)CC3)[C@H]4C)c2=O)cc1NC. The number of hydrogen-bond acceptors (Lipinski definition) is 10. The smallest absolute Gasteiger partial charge is 0.387 e. The van der Waals surface area contributed by atoms with Crippen molar-refractivity contribution >= 4 is 45.5 Å². The number of halogens is 1. The normalized spacial score (nSPS) is 17.5. The quantitative estimate of drug-likeness (QED) is 0.122. The van der Waals surface area contributed by atoms with E-state index < -0.39 is 24.4 Å². The molecule has 1 saturated heterocycles. The highest BCUT2D eigenvalue weighted by molar-refractivity contribution is 7.71. The van der Waals surface area contributed by atoms with Crippen LogP contribution in [0.1, 0.15) is 107 Å². The van der Waals surface area contributed by atoms with Gasteiger partial charge in [0.15, 0.2) is 5.82 Å². The third kappa shape index (κ3) is 6.98. The number of hydrogen-bond donors (Lipinski definition) is 2. The molecule has 0 unspecified atom stereocenters. The van der Waals surface area contributed by atoms with Gasteiger partial charge in [-0.1, -0.05) is 31.1 Å². The van der Waals surface area contributed by atoms with Crippen LogP contribution in [0.3, 0.4) is 0 Å². The minimum absolute atomic E-state index is 0.169. The van der Waals surface area contributed by atoms with Crippen LogP contribution in [-0.2, 0) is 21.1 Å². The van der Waals surface area contributed by atoms with E-state index >= 15 is 9.18 Å². The average Bonchev–Trinajstić information content (AvgIpc) is 3.60. The maximum atomic E-state index is 15.5. The Bertz CT molecular complexity index is 3170. The van der Waals surface area contributed by atoms with Crippen LogP contribution in [0.5, 0.6) is 0 Å². The van der Waals surface area contributed by atoms with E-state index in [0.717, 1.165) is 39.5 Å². The predicted octanol–water partition coefficient (Wildman–Crippen LogP) is 8.26. The lowest BCUT2D eigenvalue weighted by molar-refractivity contribution is 0.0680. The molecule has 65 heavy (non-hydrogen) atoms. The van der Waals surface area contributed by atoms with Crippen LogP contribution >= 0.6 is 18.5 Å². The van der Waals surface area contributed by atoms with Crippen molar-refractivity contribution in [1.29, 1.82) is 0 Å². The van der Waals surface area contributed by atoms with Gasteiger partial charge in [-0.2, -0.15) is 5.10 Å². The fourth-order valence-electron chi connectivity index (χ4n) is 10.2. The lowest BCUT2D eigenvalue weighted by Crippen LogP contribution is -2.39. The van der Waals surface area contributed by atoms with Gasteiger partial charge in [-0.3, -0.25) is 23.4 Å². The highest BCUT2D eigenvalue weighted by Crippen LogP contribution is 2.57. The summed E-state index contributed by atoms with van der Waals surface area (Å²) < 4.78 is 45.4. The minimum atomic E-state index is -2.65. The van der Waals surface area contributed by atoms with Crippen LogP contribution in [0, 0.1) is 19.7 Å².